The number of alkyl halides is 3. The van der Waals surface area contributed by atoms with E-state index in [2.05, 4.69) is 21.2 Å². The SMILES string of the molecule is O=C(Cn1c(C(F)(F)F)nc2ccccc21)NNC(=S)NC[C@@H]1CCCO1. The highest BCUT2D eigenvalue weighted by Gasteiger charge is 2.38. The maximum absolute atomic E-state index is 13.2. The van der Waals surface area contributed by atoms with Gasteiger partial charge in [-0.3, -0.25) is 15.6 Å². The Hall–Kier alpha value is -2.40. The molecule has 1 aromatic heterocycles. The van der Waals surface area contributed by atoms with E-state index < -0.39 is 24.5 Å². The summed E-state index contributed by atoms with van der Waals surface area (Å²) in [6.07, 6.45) is -2.70. The molecule has 1 amide bonds. The minimum atomic E-state index is -4.68. The molecular weight excluding hydrogens is 383 g/mol. The standard InChI is InChI=1S/C16H18F3N5O2S/c17-16(18,19)14-21-11-5-1-2-6-12(11)24(14)9-13(25)22-23-15(27)20-8-10-4-3-7-26-10/h1-2,5-6,10H,3-4,7-9H2,(H,22,25)(H2,20,23,27)/t10-/m0/s1. The molecule has 0 bridgehead atoms. The van der Waals surface area contributed by atoms with E-state index >= 15 is 0 Å². The summed E-state index contributed by atoms with van der Waals surface area (Å²) in [6, 6.07) is 6.11. The zero-order valence-electron chi connectivity index (χ0n) is 14.2. The van der Waals surface area contributed by atoms with Gasteiger partial charge in [-0.1, -0.05) is 12.1 Å². The molecule has 0 saturated carbocycles. The van der Waals surface area contributed by atoms with E-state index in [1.54, 1.807) is 12.1 Å². The lowest BCUT2D eigenvalue weighted by molar-refractivity contribution is -0.147. The van der Waals surface area contributed by atoms with Gasteiger partial charge < -0.3 is 14.6 Å². The van der Waals surface area contributed by atoms with E-state index in [4.69, 9.17) is 17.0 Å². The molecule has 1 atom stereocenters. The molecule has 7 nitrogen and oxygen atoms in total. The van der Waals surface area contributed by atoms with Crippen molar-refractivity contribution in [1.82, 2.24) is 25.7 Å². The number of nitrogens with one attached hydrogen (secondary N) is 3. The van der Waals surface area contributed by atoms with Crippen LogP contribution in [0.1, 0.15) is 18.7 Å². The van der Waals surface area contributed by atoms with Crippen LogP contribution in [-0.2, 0) is 22.3 Å². The third-order valence-electron chi connectivity index (χ3n) is 4.04. The number of benzene rings is 1. The summed E-state index contributed by atoms with van der Waals surface area (Å²) in [7, 11) is 0. The Morgan fingerprint density at radius 3 is 2.81 bits per heavy atom. The molecule has 1 aromatic carbocycles. The van der Waals surface area contributed by atoms with Gasteiger partial charge in [-0.25, -0.2) is 4.98 Å². The lowest BCUT2D eigenvalue weighted by Gasteiger charge is -2.15. The lowest BCUT2D eigenvalue weighted by Crippen LogP contribution is -2.49. The predicted molar refractivity (Wildman–Crippen MR) is 95.6 cm³/mol. The predicted octanol–water partition coefficient (Wildman–Crippen LogP) is 1.73. The van der Waals surface area contributed by atoms with Crippen LogP contribution in [0.15, 0.2) is 24.3 Å². The number of aromatic nitrogens is 2. The van der Waals surface area contributed by atoms with Gasteiger partial charge in [0.1, 0.15) is 6.54 Å². The van der Waals surface area contributed by atoms with E-state index in [1.165, 1.54) is 12.1 Å². The normalized spacial score (nSPS) is 17.1. The number of hydrogen-bond donors (Lipinski definition) is 3. The maximum atomic E-state index is 13.2. The molecule has 0 radical (unpaired) electrons. The van der Waals surface area contributed by atoms with Crippen molar-refractivity contribution in [3.05, 3.63) is 30.1 Å². The number of imidazole rings is 1. The van der Waals surface area contributed by atoms with Gasteiger partial charge in [0.05, 0.1) is 17.1 Å². The van der Waals surface area contributed by atoms with Crippen LogP contribution in [0.2, 0.25) is 0 Å². The molecule has 1 saturated heterocycles. The molecule has 0 unspecified atom stereocenters. The Bertz CT molecular complexity index is 833. The molecule has 11 heteroatoms. The maximum Gasteiger partial charge on any atom is 0.449 e. The number of rotatable bonds is 4. The van der Waals surface area contributed by atoms with Crippen molar-refractivity contribution in [2.24, 2.45) is 0 Å². The second-order valence-electron chi connectivity index (χ2n) is 6.03. The smallest absolute Gasteiger partial charge is 0.376 e. The number of para-hydroxylation sites is 2. The average molecular weight is 401 g/mol. The summed E-state index contributed by atoms with van der Waals surface area (Å²) in [4.78, 5) is 15.7. The number of hydrazine groups is 1. The summed E-state index contributed by atoms with van der Waals surface area (Å²) in [6.45, 7) is 0.645. The number of fused-ring (bicyclic) bond motifs is 1. The highest BCUT2D eigenvalue weighted by molar-refractivity contribution is 7.80. The quantitative estimate of drug-likeness (QED) is 0.535. The van der Waals surface area contributed by atoms with Gasteiger partial charge in [0, 0.05) is 13.2 Å². The van der Waals surface area contributed by atoms with Crippen LogP contribution >= 0.6 is 12.2 Å². The topological polar surface area (TPSA) is 80.2 Å². The van der Waals surface area contributed by atoms with Crippen molar-refractivity contribution in [2.75, 3.05) is 13.2 Å². The number of thiocarbonyl (C=S) groups is 1. The number of ether oxygens (including phenoxy) is 1. The Balaban J connectivity index is 1.59. The third kappa shape index (κ3) is 4.86. The molecule has 2 aromatic rings. The number of nitrogens with zero attached hydrogens (tertiary/aromatic N) is 2. The van der Waals surface area contributed by atoms with Gasteiger partial charge in [0.25, 0.3) is 5.91 Å². The first-order valence-corrected chi connectivity index (χ1v) is 8.72. The van der Waals surface area contributed by atoms with Crippen LogP contribution < -0.4 is 16.2 Å². The molecule has 0 aliphatic carbocycles. The van der Waals surface area contributed by atoms with Gasteiger partial charge in [-0.05, 0) is 37.2 Å². The first-order valence-electron chi connectivity index (χ1n) is 8.31. The number of carbonyl (C=O) groups is 1. The first-order chi connectivity index (χ1) is 12.8. The van der Waals surface area contributed by atoms with E-state index in [0.717, 1.165) is 17.4 Å². The summed E-state index contributed by atoms with van der Waals surface area (Å²) in [5.74, 6) is -1.82. The Labute approximate surface area is 158 Å². The van der Waals surface area contributed by atoms with Crippen molar-refractivity contribution in [2.45, 2.75) is 31.7 Å². The van der Waals surface area contributed by atoms with Crippen molar-refractivity contribution < 1.29 is 22.7 Å². The lowest BCUT2D eigenvalue weighted by atomic mass is 10.2. The second-order valence-corrected chi connectivity index (χ2v) is 6.43. The number of amides is 1. The zero-order valence-corrected chi connectivity index (χ0v) is 15.0. The van der Waals surface area contributed by atoms with Crippen LogP contribution in [-0.4, -0.2) is 39.8 Å². The van der Waals surface area contributed by atoms with E-state index in [9.17, 15) is 18.0 Å². The fourth-order valence-corrected chi connectivity index (χ4v) is 2.95. The third-order valence-corrected chi connectivity index (χ3v) is 4.29. The molecule has 3 rings (SSSR count). The molecule has 2 heterocycles. The van der Waals surface area contributed by atoms with Gasteiger partial charge in [-0.15, -0.1) is 0 Å². The summed E-state index contributed by atoms with van der Waals surface area (Å²) < 4.78 is 45.9. The minimum Gasteiger partial charge on any atom is -0.376 e. The van der Waals surface area contributed by atoms with Crippen LogP contribution in [0.25, 0.3) is 11.0 Å². The van der Waals surface area contributed by atoms with Crippen LogP contribution in [0.5, 0.6) is 0 Å². The van der Waals surface area contributed by atoms with Gasteiger partial charge in [-0.2, -0.15) is 13.2 Å². The number of halogens is 3. The Morgan fingerprint density at radius 1 is 1.33 bits per heavy atom. The van der Waals surface area contributed by atoms with Gasteiger partial charge >= 0.3 is 6.18 Å². The van der Waals surface area contributed by atoms with Crippen molar-refractivity contribution in [1.29, 1.82) is 0 Å². The fourth-order valence-electron chi connectivity index (χ4n) is 2.82. The average Bonchev–Trinajstić information content (AvgIpc) is 3.26. The van der Waals surface area contributed by atoms with Crippen molar-refractivity contribution in [3.63, 3.8) is 0 Å². The summed E-state index contributed by atoms with van der Waals surface area (Å²) in [5, 5.41) is 3.04. The van der Waals surface area contributed by atoms with E-state index in [0.29, 0.717) is 13.2 Å². The molecule has 146 valence electrons. The van der Waals surface area contributed by atoms with Crippen LogP contribution in [0.4, 0.5) is 13.2 Å². The van der Waals surface area contributed by atoms with Gasteiger partial charge in [0.2, 0.25) is 5.82 Å². The summed E-state index contributed by atoms with van der Waals surface area (Å²) >= 11 is 5.03. The zero-order chi connectivity index (χ0) is 19.4. The van der Waals surface area contributed by atoms with E-state index in [1.807, 2.05) is 0 Å². The van der Waals surface area contributed by atoms with E-state index in [-0.39, 0.29) is 22.2 Å². The van der Waals surface area contributed by atoms with Crippen molar-refractivity contribution >= 4 is 34.3 Å². The molecule has 0 spiro atoms. The highest BCUT2D eigenvalue weighted by Crippen LogP contribution is 2.31. The molecule has 1 aliphatic heterocycles. The monoisotopic (exact) mass is 401 g/mol. The summed E-state index contributed by atoms with van der Waals surface area (Å²) in [5.41, 5.74) is 5.15. The molecule has 1 aliphatic rings. The first kappa shape index (κ1) is 19.4. The molecule has 27 heavy (non-hydrogen) atoms. The highest BCUT2D eigenvalue weighted by atomic mass is 32.1. The number of carbonyl (C=O) groups excluding carboxylic acids is 1. The Morgan fingerprint density at radius 2 is 2.11 bits per heavy atom. The molecule has 3 N–H and O–H groups in total. The second kappa shape index (κ2) is 8.09. The minimum absolute atomic E-state index is 0.0621. The number of hydrogen-bond acceptors (Lipinski definition) is 4. The Kier molecular flexibility index (Phi) is 5.80. The molecular formula is C16H18F3N5O2S. The van der Waals surface area contributed by atoms with Gasteiger partial charge in [0.15, 0.2) is 5.11 Å². The molecule has 1 fully saturated rings. The van der Waals surface area contributed by atoms with Crippen LogP contribution in [0, 0.1) is 0 Å². The van der Waals surface area contributed by atoms with Crippen LogP contribution in [0.3, 0.4) is 0 Å². The van der Waals surface area contributed by atoms with Crippen molar-refractivity contribution in [3.8, 4) is 0 Å². The largest absolute Gasteiger partial charge is 0.449 e. The fraction of sp³-hybridized carbons (Fsp3) is 0.438.